The lowest BCUT2D eigenvalue weighted by molar-refractivity contribution is -0.312. The minimum atomic E-state index is -4.08. The predicted molar refractivity (Wildman–Crippen MR) is 194 cm³/mol. The van der Waals surface area contributed by atoms with Crippen molar-refractivity contribution in [2.24, 2.45) is 0 Å². The molecule has 2 aromatic rings. The Morgan fingerprint density at radius 2 is 1.59 bits per heavy atom. The maximum absolute atomic E-state index is 13.1. The Hall–Kier alpha value is -2.17. The number of hydrogen-bond acceptors (Lipinski definition) is 11. The van der Waals surface area contributed by atoms with E-state index in [1.165, 1.54) is 18.4 Å². The van der Waals surface area contributed by atoms with Gasteiger partial charge in [0, 0.05) is 12.8 Å². The summed E-state index contributed by atoms with van der Waals surface area (Å²) in [6.45, 7) is 16.8. The van der Waals surface area contributed by atoms with Crippen LogP contribution in [0.5, 0.6) is 0 Å². The fourth-order valence-corrected chi connectivity index (χ4v) is 8.45. The number of aliphatic hydroxyl groups is 1. The van der Waals surface area contributed by atoms with Crippen molar-refractivity contribution in [1.29, 1.82) is 0 Å². The summed E-state index contributed by atoms with van der Waals surface area (Å²) in [7, 11) is -6.06. The zero-order valence-electron chi connectivity index (χ0n) is 31.1. The van der Waals surface area contributed by atoms with Crippen molar-refractivity contribution >= 4 is 18.4 Å². The van der Waals surface area contributed by atoms with Crippen LogP contribution in [-0.4, -0.2) is 89.9 Å². The first-order valence-corrected chi connectivity index (χ1v) is 22.3. The molecule has 2 fully saturated rings. The summed E-state index contributed by atoms with van der Waals surface area (Å²) < 4.78 is 75.9. The third kappa shape index (κ3) is 10.5. The van der Waals surface area contributed by atoms with Crippen LogP contribution in [-0.2, 0) is 53.8 Å². The smallest absolute Gasteiger partial charge is 0.297 e. The third-order valence-corrected chi connectivity index (χ3v) is 16.1. The molecule has 3 aliphatic rings. The first kappa shape index (κ1) is 40.0. The van der Waals surface area contributed by atoms with Crippen LogP contribution in [0.3, 0.4) is 0 Å². The maximum Gasteiger partial charge on any atom is 0.297 e. The van der Waals surface area contributed by atoms with E-state index >= 15 is 0 Å². The van der Waals surface area contributed by atoms with Gasteiger partial charge in [-0.2, -0.15) is 8.42 Å². The molecule has 284 valence electrons. The number of ether oxygens (including phenoxy) is 6. The summed E-state index contributed by atoms with van der Waals surface area (Å²) in [5.74, 6) is 0. The Labute approximate surface area is 304 Å². The first-order valence-electron chi connectivity index (χ1n) is 17.9. The van der Waals surface area contributed by atoms with Gasteiger partial charge in [-0.25, -0.2) is 0 Å². The molecule has 0 amide bonds. The molecule has 0 saturated carbocycles. The Bertz CT molecular complexity index is 1530. The van der Waals surface area contributed by atoms with E-state index in [2.05, 4.69) is 33.9 Å². The normalized spacial score (nSPS) is 32.0. The van der Waals surface area contributed by atoms with Crippen LogP contribution in [0.25, 0.3) is 0 Å². The van der Waals surface area contributed by atoms with E-state index in [1.807, 2.05) is 44.2 Å². The van der Waals surface area contributed by atoms with E-state index in [1.54, 1.807) is 25.1 Å². The highest BCUT2D eigenvalue weighted by molar-refractivity contribution is 7.86. The topological polar surface area (TPSA) is 128 Å². The molecule has 0 bridgehead atoms. The van der Waals surface area contributed by atoms with Gasteiger partial charge >= 0.3 is 0 Å². The molecule has 51 heavy (non-hydrogen) atoms. The molecule has 13 heteroatoms. The fraction of sp³-hybridized carbons (Fsp3) is 0.632. The third-order valence-electron chi connectivity index (χ3n) is 10.3. The highest BCUT2D eigenvalue weighted by Crippen LogP contribution is 2.40. The van der Waals surface area contributed by atoms with Gasteiger partial charge in [-0.1, -0.05) is 68.8 Å². The van der Waals surface area contributed by atoms with Gasteiger partial charge in [-0.3, -0.25) is 4.18 Å². The Morgan fingerprint density at radius 1 is 0.902 bits per heavy atom. The van der Waals surface area contributed by atoms with Gasteiger partial charge < -0.3 is 38.0 Å². The van der Waals surface area contributed by atoms with Crippen molar-refractivity contribution < 1.29 is 50.6 Å². The molecule has 2 aromatic carbocycles. The van der Waals surface area contributed by atoms with E-state index in [0.29, 0.717) is 6.42 Å². The monoisotopic (exact) mass is 748 g/mol. The minimum Gasteiger partial charge on any atom is -0.493 e. The summed E-state index contributed by atoms with van der Waals surface area (Å²) >= 11 is 0. The zero-order valence-corrected chi connectivity index (χ0v) is 32.9. The molecule has 0 spiro atoms. The van der Waals surface area contributed by atoms with Crippen molar-refractivity contribution in [3.63, 3.8) is 0 Å². The molecule has 0 aromatic heterocycles. The van der Waals surface area contributed by atoms with Crippen molar-refractivity contribution in [3.8, 4) is 0 Å². The average Bonchev–Trinajstić information content (AvgIpc) is 3.07. The predicted octanol–water partition coefficient (Wildman–Crippen LogP) is 6.38. The van der Waals surface area contributed by atoms with Gasteiger partial charge in [-0.15, -0.1) is 0 Å². The van der Waals surface area contributed by atoms with E-state index in [-0.39, 0.29) is 41.8 Å². The van der Waals surface area contributed by atoms with Gasteiger partial charge in [0.25, 0.3) is 10.1 Å². The largest absolute Gasteiger partial charge is 0.493 e. The van der Waals surface area contributed by atoms with Crippen LogP contribution in [0.15, 0.2) is 71.8 Å². The standard InChI is InChI=1S/C38H56O11SSi/c1-25-14-16-29(17-15-25)50(40,41)44-24-33-37(31(20-21-42-33)43-23-28-12-10-9-11-13-28)48-35-22-32(36(39)27(3)46-35)47-34-19-18-30(26(2)45-34)49-51(7,8)38(4,5)6/h9-17,20-21,26-27,30-37,39H,18-19,22-24H2,1-8H3/t26-,27+,30-,31+,32+,33+,34-,35-,36+,37-/m0/s1. The highest BCUT2D eigenvalue weighted by Gasteiger charge is 2.45. The number of aliphatic hydroxyl groups excluding tert-OH is 1. The van der Waals surface area contributed by atoms with Crippen molar-refractivity contribution in [2.75, 3.05) is 6.61 Å². The van der Waals surface area contributed by atoms with Gasteiger partial charge in [0.15, 0.2) is 27.0 Å². The molecule has 3 heterocycles. The molecule has 0 radical (unpaired) electrons. The number of hydrogen-bond donors (Lipinski definition) is 1. The first-order chi connectivity index (χ1) is 24.0. The SMILES string of the molecule is Cc1ccc(S(=O)(=O)OC[C@H]2OC=C[C@@H](OCc3ccccc3)[C@@H]2O[C@H]2C[C@@H](O[C@H]3CC[C@H](O[Si](C)(C)C(C)(C)C)[C@H](C)O3)[C@H](O)[C@@H](C)O2)cc1. The van der Waals surface area contributed by atoms with Gasteiger partial charge in [0.2, 0.25) is 0 Å². The maximum atomic E-state index is 13.1. The molecular weight excluding hydrogens is 693 g/mol. The van der Waals surface area contributed by atoms with Crippen molar-refractivity contribution in [1.82, 2.24) is 0 Å². The van der Waals surface area contributed by atoms with Gasteiger partial charge in [0.05, 0.1) is 42.2 Å². The van der Waals surface area contributed by atoms with Crippen LogP contribution < -0.4 is 0 Å². The molecule has 10 atom stereocenters. The molecule has 2 saturated heterocycles. The lowest BCUT2D eigenvalue weighted by Crippen LogP contribution is -2.55. The minimum absolute atomic E-state index is 0.0264. The van der Waals surface area contributed by atoms with E-state index in [0.717, 1.165) is 17.5 Å². The highest BCUT2D eigenvalue weighted by atomic mass is 32.2. The molecule has 5 rings (SSSR count). The van der Waals surface area contributed by atoms with Crippen molar-refractivity contribution in [3.05, 3.63) is 78.1 Å². The Morgan fingerprint density at radius 3 is 2.25 bits per heavy atom. The van der Waals surface area contributed by atoms with Gasteiger partial charge in [0.1, 0.15) is 24.9 Å². The second-order valence-electron chi connectivity index (χ2n) is 15.4. The summed E-state index contributed by atoms with van der Waals surface area (Å²) in [6, 6.07) is 16.1. The molecule has 1 N–H and O–H groups in total. The molecule has 3 aliphatic heterocycles. The van der Waals surface area contributed by atoms with E-state index < -0.39 is 67.6 Å². The summed E-state index contributed by atoms with van der Waals surface area (Å²) in [5, 5.41) is 11.2. The fourth-order valence-electron chi connectivity index (χ4n) is 6.11. The van der Waals surface area contributed by atoms with E-state index in [9.17, 15) is 13.5 Å². The summed E-state index contributed by atoms with van der Waals surface area (Å²) in [6.07, 6.45) is -1.23. The molecule has 11 nitrogen and oxygen atoms in total. The lowest BCUT2D eigenvalue weighted by Gasteiger charge is -2.45. The quantitative estimate of drug-likeness (QED) is 0.181. The van der Waals surface area contributed by atoms with Crippen molar-refractivity contribution in [2.45, 2.75) is 152 Å². The average molecular weight is 749 g/mol. The van der Waals surface area contributed by atoms with Gasteiger partial charge in [-0.05, 0) is 69.1 Å². The van der Waals surface area contributed by atoms with Crippen LogP contribution in [0.4, 0.5) is 0 Å². The van der Waals surface area contributed by atoms with E-state index in [4.69, 9.17) is 37.0 Å². The molecule has 0 unspecified atom stereocenters. The molecule has 0 aliphatic carbocycles. The second-order valence-corrected chi connectivity index (χ2v) is 21.7. The summed E-state index contributed by atoms with van der Waals surface area (Å²) in [4.78, 5) is 0.0457. The second kappa shape index (κ2) is 16.9. The Kier molecular flexibility index (Phi) is 13.2. The Balaban J connectivity index is 1.26. The number of benzene rings is 2. The number of aryl methyl sites for hydroxylation is 1. The van der Waals surface area contributed by atoms with Crippen LogP contribution >= 0.6 is 0 Å². The number of rotatable bonds is 13. The molecular formula is C38H56O11SSi. The van der Waals surface area contributed by atoms with Crippen LogP contribution in [0.2, 0.25) is 18.1 Å². The summed E-state index contributed by atoms with van der Waals surface area (Å²) in [5.41, 5.74) is 1.89. The zero-order chi connectivity index (χ0) is 37.0. The van der Waals surface area contributed by atoms with Crippen LogP contribution in [0, 0.1) is 6.92 Å². The van der Waals surface area contributed by atoms with Crippen LogP contribution in [0.1, 0.15) is 65.0 Å². The lowest BCUT2D eigenvalue weighted by atomic mass is 10.0.